The van der Waals surface area contributed by atoms with Gasteiger partial charge in [-0.05, 0) is 64.4 Å². The Labute approximate surface area is 170 Å². The molecule has 1 aromatic heterocycles. The topological polar surface area (TPSA) is 50.2 Å². The van der Waals surface area contributed by atoms with Crippen LogP contribution in [0, 0.1) is 25.7 Å². The van der Waals surface area contributed by atoms with Crippen LogP contribution in [-0.4, -0.2) is 46.3 Å². The monoisotopic (exact) mass is 394 g/mol. The Hall–Kier alpha value is -1.33. The number of likely N-dealkylation sites (tertiary alicyclic amines) is 1. The van der Waals surface area contributed by atoms with E-state index in [1.807, 2.05) is 18.7 Å². The van der Waals surface area contributed by atoms with Crippen molar-refractivity contribution in [3.8, 4) is 0 Å². The van der Waals surface area contributed by atoms with Crippen LogP contribution in [0.5, 0.6) is 0 Å². The lowest BCUT2D eigenvalue weighted by atomic mass is 9.98. The molecule has 27 heavy (non-hydrogen) atoms. The van der Waals surface area contributed by atoms with Gasteiger partial charge in [0, 0.05) is 44.8 Å². The molecule has 3 rings (SSSR count). The molecule has 5 nitrogen and oxygen atoms in total. The first-order valence-corrected chi connectivity index (χ1v) is 9.99. The van der Waals surface area contributed by atoms with E-state index < -0.39 is 0 Å². The highest BCUT2D eigenvalue weighted by Crippen LogP contribution is 2.41. The molecule has 0 radical (unpaired) electrons. The molecule has 1 amide bonds. The highest BCUT2D eigenvalue weighted by atomic mass is 35.5. The summed E-state index contributed by atoms with van der Waals surface area (Å²) >= 11 is 0. The number of nitrogens with one attached hydrogen (secondary N) is 1. The predicted octanol–water partition coefficient (Wildman–Crippen LogP) is 3.18. The van der Waals surface area contributed by atoms with Crippen LogP contribution in [0.2, 0.25) is 0 Å². The third-order valence-electron chi connectivity index (χ3n) is 6.03. The van der Waals surface area contributed by atoms with E-state index in [0.717, 1.165) is 37.7 Å². The van der Waals surface area contributed by atoms with E-state index in [9.17, 15) is 4.79 Å². The van der Waals surface area contributed by atoms with Crippen LogP contribution in [0.4, 0.5) is 0 Å². The number of allylic oxidation sites excluding steroid dienone is 1. The van der Waals surface area contributed by atoms with E-state index in [-0.39, 0.29) is 18.3 Å². The van der Waals surface area contributed by atoms with E-state index in [0.29, 0.717) is 18.4 Å². The average molecular weight is 395 g/mol. The highest BCUT2D eigenvalue weighted by molar-refractivity contribution is 5.85. The molecule has 1 aliphatic carbocycles. The molecule has 1 aliphatic heterocycles. The molecule has 0 spiro atoms. The zero-order valence-corrected chi connectivity index (χ0v) is 18.2. The summed E-state index contributed by atoms with van der Waals surface area (Å²) in [6, 6.07) is 0.316. The van der Waals surface area contributed by atoms with Crippen LogP contribution < -0.4 is 5.32 Å². The maximum Gasteiger partial charge on any atom is 0.220 e. The lowest BCUT2D eigenvalue weighted by Gasteiger charge is -2.19. The molecule has 1 saturated carbocycles. The maximum atomic E-state index is 12.6. The predicted molar refractivity (Wildman–Crippen MR) is 112 cm³/mol. The van der Waals surface area contributed by atoms with Crippen molar-refractivity contribution in [2.75, 3.05) is 19.6 Å². The number of carbonyl (C=O) groups excluding carboxylic acids is 1. The van der Waals surface area contributed by atoms with Crippen LogP contribution in [0.3, 0.4) is 0 Å². The zero-order valence-electron chi connectivity index (χ0n) is 17.4. The molecule has 152 valence electrons. The number of rotatable bonds is 7. The molecule has 1 saturated heterocycles. The number of amides is 1. The van der Waals surface area contributed by atoms with E-state index in [2.05, 4.69) is 42.2 Å². The molecule has 0 unspecified atom stereocenters. The summed E-state index contributed by atoms with van der Waals surface area (Å²) in [5, 5.41) is 7.81. The minimum absolute atomic E-state index is 0. The normalized spacial score (nSPS) is 22.4. The summed E-state index contributed by atoms with van der Waals surface area (Å²) in [5.41, 5.74) is 4.79. The van der Waals surface area contributed by atoms with Crippen LogP contribution in [0.25, 0.3) is 0 Å². The summed E-state index contributed by atoms with van der Waals surface area (Å²) in [4.78, 5) is 15.1. The number of nitrogens with zero attached hydrogens (tertiary/aromatic N) is 3. The number of hydrogen-bond donors (Lipinski definition) is 1. The van der Waals surface area contributed by atoms with Crippen molar-refractivity contribution < 1.29 is 4.79 Å². The van der Waals surface area contributed by atoms with Gasteiger partial charge in [-0.1, -0.05) is 11.6 Å². The Bertz CT molecular complexity index is 689. The molecule has 2 heterocycles. The fourth-order valence-electron chi connectivity index (χ4n) is 4.23. The van der Waals surface area contributed by atoms with E-state index in [1.165, 1.54) is 29.7 Å². The number of halogens is 1. The van der Waals surface area contributed by atoms with Gasteiger partial charge in [0.15, 0.2) is 0 Å². The SMILES string of the molecule is CC(C)=CCN1C[C@H](NC(=O)CCc2c(C)nn(C)c2C)[C@@H](C2CC2)C1.Cl. The third kappa shape index (κ3) is 5.58. The standard InChI is InChI=1S/C21H34N4O.ClH/c1-14(2)10-11-25-12-19(17-6-7-17)20(13-25)22-21(26)9-8-18-15(3)23-24(5)16(18)4;/h10,17,19-20H,6-9,11-13H2,1-5H3,(H,22,26);1H/t19-,20+;/m1./s1. The zero-order chi connectivity index (χ0) is 18.8. The summed E-state index contributed by atoms with van der Waals surface area (Å²) in [5.74, 6) is 1.64. The molecule has 1 N–H and O–H groups in total. The minimum atomic E-state index is 0. The van der Waals surface area contributed by atoms with Gasteiger partial charge in [-0.3, -0.25) is 14.4 Å². The largest absolute Gasteiger partial charge is 0.352 e. The first-order chi connectivity index (χ1) is 12.3. The van der Waals surface area contributed by atoms with Crippen molar-refractivity contribution in [3.63, 3.8) is 0 Å². The van der Waals surface area contributed by atoms with Crippen LogP contribution >= 0.6 is 12.4 Å². The van der Waals surface area contributed by atoms with Gasteiger partial charge in [0.25, 0.3) is 0 Å². The Balaban J connectivity index is 0.00000261. The van der Waals surface area contributed by atoms with Crippen molar-refractivity contribution in [2.45, 2.75) is 59.4 Å². The molecule has 2 fully saturated rings. The minimum Gasteiger partial charge on any atom is -0.352 e. The lowest BCUT2D eigenvalue weighted by molar-refractivity contribution is -0.122. The highest BCUT2D eigenvalue weighted by Gasteiger charge is 2.42. The molecule has 2 atom stereocenters. The van der Waals surface area contributed by atoms with Crippen LogP contribution in [0.15, 0.2) is 11.6 Å². The van der Waals surface area contributed by atoms with Crippen molar-refractivity contribution in [2.24, 2.45) is 18.9 Å². The summed E-state index contributed by atoms with van der Waals surface area (Å²) in [6.45, 7) is 11.5. The quantitative estimate of drug-likeness (QED) is 0.722. The fraction of sp³-hybridized carbons (Fsp3) is 0.714. The van der Waals surface area contributed by atoms with Gasteiger partial charge >= 0.3 is 0 Å². The number of hydrogen-bond acceptors (Lipinski definition) is 3. The van der Waals surface area contributed by atoms with Gasteiger partial charge in [-0.2, -0.15) is 5.10 Å². The maximum absolute atomic E-state index is 12.6. The first kappa shape index (κ1) is 22.0. The van der Waals surface area contributed by atoms with Gasteiger partial charge in [-0.25, -0.2) is 0 Å². The Kier molecular flexibility index (Phi) is 7.52. The second-order valence-corrected chi connectivity index (χ2v) is 8.45. The van der Waals surface area contributed by atoms with Gasteiger partial charge in [0.2, 0.25) is 5.91 Å². The van der Waals surface area contributed by atoms with Crippen molar-refractivity contribution in [1.29, 1.82) is 0 Å². The van der Waals surface area contributed by atoms with Gasteiger partial charge in [0.05, 0.1) is 5.69 Å². The number of aryl methyl sites for hydroxylation is 2. The Morgan fingerprint density at radius 3 is 2.52 bits per heavy atom. The van der Waals surface area contributed by atoms with E-state index in [1.54, 1.807) is 0 Å². The fourth-order valence-corrected chi connectivity index (χ4v) is 4.23. The first-order valence-electron chi connectivity index (χ1n) is 9.99. The second-order valence-electron chi connectivity index (χ2n) is 8.45. The van der Waals surface area contributed by atoms with E-state index in [4.69, 9.17) is 0 Å². The summed E-state index contributed by atoms with van der Waals surface area (Å²) in [7, 11) is 1.96. The van der Waals surface area contributed by atoms with Crippen molar-refractivity contribution in [1.82, 2.24) is 20.0 Å². The van der Waals surface area contributed by atoms with E-state index >= 15 is 0 Å². The molecule has 2 aliphatic rings. The number of aromatic nitrogens is 2. The van der Waals surface area contributed by atoms with Crippen LogP contribution in [0.1, 0.15) is 50.1 Å². The molecule has 6 heteroatoms. The van der Waals surface area contributed by atoms with Gasteiger partial charge in [-0.15, -0.1) is 12.4 Å². The average Bonchev–Trinajstić information content (AvgIpc) is 3.29. The lowest BCUT2D eigenvalue weighted by Crippen LogP contribution is -2.41. The third-order valence-corrected chi connectivity index (χ3v) is 6.03. The molecular formula is C21H35ClN4O. The molecular weight excluding hydrogens is 360 g/mol. The smallest absolute Gasteiger partial charge is 0.220 e. The van der Waals surface area contributed by atoms with Crippen molar-refractivity contribution >= 4 is 18.3 Å². The Morgan fingerprint density at radius 1 is 1.26 bits per heavy atom. The Morgan fingerprint density at radius 2 is 1.96 bits per heavy atom. The van der Waals surface area contributed by atoms with Crippen LogP contribution in [-0.2, 0) is 18.3 Å². The molecule has 0 bridgehead atoms. The summed E-state index contributed by atoms with van der Waals surface area (Å²) in [6.07, 6.45) is 6.29. The van der Waals surface area contributed by atoms with Crippen molar-refractivity contribution in [3.05, 3.63) is 28.6 Å². The molecule has 1 aromatic rings. The van der Waals surface area contributed by atoms with Gasteiger partial charge in [0.1, 0.15) is 0 Å². The second kappa shape index (κ2) is 9.24. The molecule has 0 aromatic carbocycles. The van der Waals surface area contributed by atoms with Gasteiger partial charge < -0.3 is 5.32 Å². The summed E-state index contributed by atoms with van der Waals surface area (Å²) < 4.78 is 1.91. The number of carbonyl (C=O) groups is 1.